The molecule has 0 saturated heterocycles. The van der Waals surface area contributed by atoms with Crippen LogP contribution in [0.3, 0.4) is 0 Å². The van der Waals surface area contributed by atoms with Crippen LogP contribution < -0.4 is 5.32 Å². The largest absolute Gasteiger partial charge is 0.309 e. The van der Waals surface area contributed by atoms with Crippen molar-refractivity contribution < 1.29 is 4.21 Å². The molecule has 0 aliphatic heterocycles. The Morgan fingerprint density at radius 1 is 1.17 bits per heavy atom. The number of nitrogens with one attached hydrogen (secondary N) is 1. The smallest absolute Gasteiger partial charge is 0.0383 e. The van der Waals surface area contributed by atoms with Crippen LogP contribution in [-0.4, -0.2) is 22.3 Å². The fourth-order valence-corrected chi connectivity index (χ4v) is 2.87. The zero-order valence-corrected chi connectivity index (χ0v) is 11.7. The maximum atomic E-state index is 11.1. The van der Waals surface area contributed by atoms with Gasteiger partial charge < -0.3 is 5.32 Å². The summed E-state index contributed by atoms with van der Waals surface area (Å²) < 4.78 is 11.1. The van der Waals surface area contributed by atoms with Crippen LogP contribution in [0.4, 0.5) is 0 Å². The summed E-state index contributed by atoms with van der Waals surface area (Å²) in [6.07, 6.45) is 1.74. The topological polar surface area (TPSA) is 29.1 Å². The SMILES string of the molecule is CC(CS(C)=O)NCc1ccc2ccccc2c1. The van der Waals surface area contributed by atoms with Crippen molar-refractivity contribution in [3.05, 3.63) is 48.0 Å². The van der Waals surface area contributed by atoms with Gasteiger partial charge in [0.25, 0.3) is 0 Å². The van der Waals surface area contributed by atoms with E-state index < -0.39 is 10.8 Å². The maximum Gasteiger partial charge on any atom is 0.0383 e. The van der Waals surface area contributed by atoms with Gasteiger partial charge >= 0.3 is 0 Å². The second kappa shape index (κ2) is 6.12. The van der Waals surface area contributed by atoms with Gasteiger partial charge in [0.2, 0.25) is 0 Å². The highest BCUT2D eigenvalue weighted by Gasteiger charge is 2.03. The van der Waals surface area contributed by atoms with E-state index in [9.17, 15) is 4.21 Å². The Kier molecular flexibility index (Phi) is 4.50. The van der Waals surface area contributed by atoms with Gasteiger partial charge in [0.05, 0.1) is 0 Å². The van der Waals surface area contributed by atoms with E-state index in [1.165, 1.54) is 16.3 Å². The lowest BCUT2D eigenvalue weighted by molar-refractivity contribution is 0.587. The molecular weight excluding hydrogens is 242 g/mol. The van der Waals surface area contributed by atoms with Crippen molar-refractivity contribution in [1.29, 1.82) is 0 Å². The van der Waals surface area contributed by atoms with E-state index in [0.29, 0.717) is 5.75 Å². The van der Waals surface area contributed by atoms with Crippen LogP contribution in [0.2, 0.25) is 0 Å². The summed E-state index contributed by atoms with van der Waals surface area (Å²) >= 11 is 0. The van der Waals surface area contributed by atoms with Gasteiger partial charge in [0, 0.05) is 35.4 Å². The lowest BCUT2D eigenvalue weighted by Gasteiger charge is -2.12. The maximum absolute atomic E-state index is 11.1. The lowest BCUT2D eigenvalue weighted by atomic mass is 10.1. The standard InChI is InChI=1S/C15H19NOS/c1-12(11-18(2)17)16-10-13-7-8-14-5-3-4-6-15(14)9-13/h3-9,12,16H,10-11H2,1-2H3. The van der Waals surface area contributed by atoms with Gasteiger partial charge in [-0.2, -0.15) is 0 Å². The molecule has 2 aromatic carbocycles. The third kappa shape index (κ3) is 3.65. The van der Waals surface area contributed by atoms with Crippen LogP contribution in [0.1, 0.15) is 12.5 Å². The molecule has 3 heteroatoms. The Hall–Kier alpha value is -1.19. The van der Waals surface area contributed by atoms with Crippen molar-refractivity contribution >= 4 is 21.6 Å². The zero-order chi connectivity index (χ0) is 13.0. The molecule has 18 heavy (non-hydrogen) atoms. The van der Waals surface area contributed by atoms with E-state index in [2.05, 4.69) is 54.7 Å². The minimum atomic E-state index is -0.738. The van der Waals surface area contributed by atoms with Crippen molar-refractivity contribution in [2.45, 2.75) is 19.5 Å². The minimum Gasteiger partial charge on any atom is -0.309 e. The van der Waals surface area contributed by atoms with E-state index in [-0.39, 0.29) is 6.04 Å². The summed E-state index contributed by atoms with van der Waals surface area (Å²) in [5, 5.41) is 5.94. The average Bonchev–Trinajstić information content (AvgIpc) is 2.35. The first kappa shape index (κ1) is 13.2. The first-order valence-corrected chi connectivity index (χ1v) is 7.89. The molecule has 0 heterocycles. The fourth-order valence-electron chi connectivity index (χ4n) is 2.05. The van der Waals surface area contributed by atoms with Crippen LogP contribution in [0.25, 0.3) is 10.8 Å². The number of fused-ring (bicyclic) bond motifs is 1. The highest BCUT2D eigenvalue weighted by atomic mass is 32.2. The first-order valence-electron chi connectivity index (χ1n) is 6.16. The molecule has 0 aliphatic carbocycles. The molecule has 0 spiro atoms. The molecule has 2 rings (SSSR count). The molecule has 0 bridgehead atoms. The highest BCUT2D eigenvalue weighted by molar-refractivity contribution is 7.84. The van der Waals surface area contributed by atoms with Gasteiger partial charge in [-0.15, -0.1) is 0 Å². The number of benzene rings is 2. The predicted molar refractivity (Wildman–Crippen MR) is 79.2 cm³/mol. The molecule has 2 atom stereocenters. The molecule has 2 unspecified atom stereocenters. The molecule has 0 amide bonds. The Balaban J connectivity index is 2.01. The molecule has 0 aromatic heterocycles. The van der Waals surface area contributed by atoms with Gasteiger partial charge in [-0.05, 0) is 29.3 Å². The molecule has 0 aliphatic rings. The summed E-state index contributed by atoms with van der Waals surface area (Å²) in [5.74, 6) is 0.702. The van der Waals surface area contributed by atoms with Crippen molar-refractivity contribution in [1.82, 2.24) is 5.32 Å². The van der Waals surface area contributed by atoms with Crippen molar-refractivity contribution in [3.63, 3.8) is 0 Å². The highest BCUT2D eigenvalue weighted by Crippen LogP contribution is 2.15. The summed E-state index contributed by atoms with van der Waals surface area (Å²) in [6, 6.07) is 15.1. The molecule has 2 aromatic rings. The van der Waals surface area contributed by atoms with Crippen molar-refractivity contribution in [3.8, 4) is 0 Å². The Bertz CT molecular complexity index is 553. The Morgan fingerprint density at radius 3 is 2.61 bits per heavy atom. The molecule has 2 nitrogen and oxygen atoms in total. The van der Waals surface area contributed by atoms with Gasteiger partial charge in [0.15, 0.2) is 0 Å². The Labute approximate surface area is 111 Å². The molecule has 0 fully saturated rings. The monoisotopic (exact) mass is 261 g/mol. The second-order valence-corrected chi connectivity index (χ2v) is 6.18. The molecular formula is C15H19NOS. The van der Waals surface area contributed by atoms with E-state index in [1.54, 1.807) is 6.26 Å². The number of hydrogen-bond donors (Lipinski definition) is 1. The molecule has 96 valence electrons. The number of rotatable bonds is 5. The van der Waals surface area contributed by atoms with Crippen molar-refractivity contribution in [2.24, 2.45) is 0 Å². The second-order valence-electron chi connectivity index (χ2n) is 4.70. The van der Waals surface area contributed by atoms with Gasteiger partial charge in [-0.3, -0.25) is 4.21 Å². The molecule has 1 N–H and O–H groups in total. The average molecular weight is 261 g/mol. The lowest BCUT2D eigenvalue weighted by Crippen LogP contribution is -2.30. The van der Waals surface area contributed by atoms with Crippen LogP contribution >= 0.6 is 0 Å². The zero-order valence-electron chi connectivity index (χ0n) is 10.8. The summed E-state index contributed by atoms with van der Waals surface area (Å²) in [7, 11) is -0.738. The van der Waals surface area contributed by atoms with Gasteiger partial charge in [-0.25, -0.2) is 0 Å². The molecule has 0 radical (unpaired) electrons. The van der Waals surface area contributed by atoms with Crippen molar-refractivity contribution in [2.75, 3.05) is 12.0 Å². The van der Waals surface area contributed by atoms with Crippen LogP contribution in [-0.2, 0) is 17.3 Å². The number of hydrogen-bond acceptors (Lipinski definition) is 2. The quantitative estimate of drug-likeness (QED) is 0.896. The van der Waals surface area contributed by atoms with E-state index in [4.69, 9.17) is 0 Å². The van der Waals surface area contributed by atoms with Gasteiger partial charge in [0.1, 0.15) is 0 Å². The summed E-state index contributed by atoms with van der Waals surface area (Å²) in [5.41, 5.74) is 1.27. The normalized spacial score (nSPS) is 14.6. The predicted octanol–water partition coefficient (Wildman–Crippen LogP) is 2.70. The van der Waals surface area contributed by atoms with Gasteiger partial charge in [-0.1, -0.05) is 36.4 Å². The third-order valence-electron chi connectivity index (χ3n) is 2.95. The Morgan fingerprint density at radius 2 is 1.89 bits per heavy atom. The van der Waals surface area contributed by atoms with Crippen LogP contribution in [0.15, 0.2) is 42.5 Å². The van der Waals surface area contributed by atoms with Crippen LogP contribution in [0.5, 0.6) is 0 Å². The van der Waals surface area contributed by atoms with E-state index in [0.717, 1.165) is 6.54 Å². The minimum absolute atomic E-state index is 0.280. The first-order chi connectivity index (χ1) is 8.65. The van der Waals surface area contributed by atoms with E-state index in [1.807, 2.05) is 0 Å². The van der Waals surface area contributed by atoms with E-state index >= 15 is 0 Å². The van der Waals surface area contributed by atoms with Crippen LogP contribution in [0, 0.1) is 0 Å². The fraction of sp³-hybridized carbons (Fsp3) is 0.333. The molecule has 0 saturated carbocycles. The summed E-state index contributed by atoms with van der Waals surface area (Å²) in [4.78, 5) is 0. The third-order valence-corrected chi connectivity index (χ3v) is 3.92. The summed E-state index contributed by atoms with van der Waals surface area (Å²) in [6.45, 7) is 2.89.